The normalized spacial score (nSPS) is 10.0. The van der Waals surface area contributed by atoms with Crippen LogP contribution in [0.5, 0.6) is 0 Å². The van der Waals surface area contributed by atoms with E-state index in [4.69, 9.17) is 4.74 Å². The van der Waals surface area contributed by atoms with E-state index in [0.29, 0.717) is 6.54 Å². The second-order valence-electron chi connectivity index (χ2n) is 4.66. The summed E-state index contributed by atoms with van der Waals surface area (Å²) in [5.74, 6) is -1.07. The van der Waals surface area contributed by atoms with Crippen LogP contribution >= 0.6 is 27.7 Å². The van der Waals surface area contributed by atoms with E-state index >= 15 is 0 Å². The zero-order valence-corrected chi connectivity index (χ0v) is 15.4. The summed E-state index contributed by atoms with van der Waals surface area (Å²) in [4.78, 5) is 35.3. The van der Waals surface area contributed by atoms with E-state index in [1.807, 2.05) is 32.0 Å². The lowest BCUT2D eigenvalue weighted by atomic mass is 10.2. The fraction of sp³-hybridized carbons (Fsp3) is 0.400. The van der Waals surface area contributed by atoms with Gasteiger partial charge in [-0.3, -0.25) is 14.9 Å². The lowest BCUT2D eigenvalue weighted by molar-refractivity contribution is -0.145. The summed E-state index contributed by atoms with van der Waals surface area (Å²) in [6, 6.07) is 5.16. The van der Waals surface area contributed by atoms with Gasteiger partial charge < -0.3 is 10.1 Å². The molecule has 0 radical (unpaired) electrons. The number of hydrogen-bond donors (Lipinski definition) is 2. The van der Waals surface area contributed by atoms with E-state index in [1.54, 1.807) is 0 Å². The predicted molar refractivity (Wildman–Crippen MR) is 92.4 cm³/mol. The highest BCUT2D eigenvalue weighted by Crippen LogP contribution is 2.25. The maximum absolute atomic E-state index is 11.6. The topological polar surface area (TPSA) is 84.5 Å². The number of imide groups is 1. The molecule has 23 heavy (non-hydrogen) atoms. The van der Waals surface area contributed by atoms with Crippen molar-refractivity contribution in [3.05, 3.63) is 28.2 Å². The van der Waals surface area contributed by atoms with Crippen molar-refractivity contribution in [3.63, 3.8) is 0 Å². The fourth-order valence-corrected chi connectivity index (χ4v) is 2.83. The number of amides is 3. The highest BCUT2D eigenvalue weighted by molar-refractivity contribution is 9.10. The van der Waals surface area contributed by atoms with E-state index in [-0.39, 0.29) is 5.75 Å². The maximum atomic E-state index is 11.6. The molecule has 0 saturated heterocycles. The second-order valence-corrected chi connectivity index (χ2v) is 6.60. The summed E-state index contributed by atoms with van der Waals surface area (Å²) in [5, 5.41) is 4.57. The first-order chi connectivity index (χ1) is 10.9. The van der Waals surface area contributed by atoms with Crippen molar-refractivity contribution in [2.45, 2.75) is 25.2 Å². The number of urea groups is 1. The average molecular weight is 403 g/mol. The Kier molecular flexibility index (Phi) is 8.71. The van der Waals surface area contributed by atoms with Gasteiger partial charge in [-0.05, 0) is 37.1 Å². The molecule has 0 heterocycles. The molecule has 2 N–H and O–H groups in total. The van der Waals surface area contributed by atoms with Crippen molar-refractivity contribution in [2.24, 2.45) is 0 Å². The van der Waals surface area contributed by atoms with Crippen LogP contribution in [0.2, 0.25) is 0 Å². The van der Waals surface area contributed by atoms with Crippen LogP contribution in [0.4, 0.5) is 4.79 Å². The molecular formula is C15H19BrN2O4S. The Bertz CT molecular complexity index is 581. The first kappa shape index (κ1) is 19.5. The van der Waals surface area contributed by atoms with Gasteiger partial charge in [-0.25, -0.2) is 4.79 Å². The number of ether oxygens (including phenoxy) is 1. The number of carbonyl (C=O) groups is 3. The third kappa shape index (κ3) is 8.03. The van der Waals surface area contributed by atoms with Crippen molar-refractivity contribution in [1.29, 1.82) is 0 Å². The number of thioether (sulfide) groups is 1. The SMILES string of the molecule is CCCNC(=O)NC(=O)COC(=O)CSc1ccc(Br)cc1C. The molecule has 1 aromatic rings. The van der Waals surface area contributed by atoms with E-state index in [0.717, 1.165) is 21.4 Å². The number of aryl methyl sites for hydroxylation is 1. The van der Waals surface area contributed by atoms with Crippen LogP contribution in [0.15, 0.2) is 27.6 Å². The first-order valence-corrected chi connectivity index (χ1v) is 8.82. The highest BCUT2D eigenvalue weighted by atomic mass is 79.9. The van der Waals surface area contributed by atoms with Gasteiger partial charge in [-0.1, -0.05) is 22.9 Å². The van der Waals surface area contributed by atoms with Gasteiger partial charge >= 0.3 is 12.0 Å². The van der Waals surface area contributed by atoms with Crippen LogP contribution in [-0.2, 0) is 14.3 Å². The van der Waals surface area contributed by atoms with Crippen LogP contribution < -0.4 is 10.6 Å². The molecule has 1 aromatic carbocycles. The summed E-state index contributed by atoms with van der Waals surface area (Å²) < 4.78 is 5.81. The number of rotatable bonds is 7. The van der Waals surface area contributed by atoms with Crippen molar-refractivity contribution < 1.29 is 19.1 Å². The molecule has 0 bridgehead atoms. The van der Waals surface area contributed by atoms with E-state index in [2.05, 4.69) is 26.6 Å². The molecule has 0 aliphatic rings. The molecule has 1 rings (SSSR count). The summed E-state index contributed by atoms with van der Waals surface area (Å²) in [6.45, 7) is 3.84. The van der Waals surface area contributed by atoms with Gasteiger partial charge in [0, 0.05) is 15.9 Å². The van der Waals surface area contributed by atoms with Crippen LogP contribution in [0.3, 0.4) is 0 Å². The minimum absolute atomic E-state index is 0.0950. The molecule has 8 heteroatoms. The van der Waals surface area contributed by atoms with Crippen molar-refractivity contribution in [1.82, 2.24) is 10.6 Å². The molecule has 3 amide bonds. The zero-order chi connectivity index (χ0) is 17.2. The van der Waals surface area contributed by atoms with E-state index < -0.39 is 24.5 Å². The largest absolute Gasteiger partial charge is 0.455 e. The molecule has 0 spiro atoms. The van der Waals surface area contributed by atoms with Crippen molar-refractivity contribution >= 4 is 45.6 Å². The Morgan fingerprint density at radius 2 is 2.04 bits per heavy atom. The van der Waals surface area contributed by atoms with Gasteiger partial charge in [0.2, 0.25) is 0 Å². The fourth-order valence-electron chi connectivity index (χ4n) is 1.54. The van der Waals surface area contributed by atoms with Crippen LogP contribution in [-0.4, -0.2) is 36.8 Å². The van der Waals surface area contributed by atoms with E-state index in [9.17, 15) is 14.4 Å². The van der Waals surface area contributed by atoms with Gasteiger partial charge in [-0.15, -0.1) is 11.8 Å². The molecule has 0 aromatic heterocycles. The number of esters is 1. The summed E-state index contributed by atoms with van der Waals surface area (Å²) in [7, 11) is 0. The Labute approximate surface area is 147 Å². The van der Waals surface area contributed by atoms with Crippen molar-refractivity contribution in [3.8, 4) is 0 Å². The minimum atomic E-state index is -0.656. The number of hydrogen-bond acceptors (Lipinski definition) is 5. The number of carbonyl (C=O) groups excluding carboxylic acids is 3. The summed E-state index contributed by atoms with van der Waals surface area (Å²) in [5.41, 5.74) is 1.04. The molecule has 0 aliphatic carbocycles. The third-order valence-electron chi connectivity index (χ3n) is 2.64. The maximum Gasteiger partial charge on any atom is 0.321 e. The Hall–Kier alpha value is -1.54. The third-order valence-corrected chi connectivity index (χ3v) is 4.28. The molecule has 0 atom stereocenters. The second kappa shape index (κ2) is 10.3. The predicted octanol–water partition coefficient (Wildman–Crippen LogP) is 2.63. The molecular weight excluding hydrogens is 384 g/mol. The molecule has 0 saturated carbocycles. The van der Waals surface area contributed by atoms with Gasteiger partial charge in [0.05, 0.1) is 5.75 Å². The average Bonchev–Trinajstić information content (AvgIpc) is 2.50. The van der Waals surface area contributed by atoms with Crippen LogP contribution in [0.1, 0.15) is 18.9 Å². The van der Waals surface area contributed by atoms with Crippen molar-refractivity contribution in [2.75, 3.05) is 18.9 Å². The quantitative estimate of drug-likeness (QED) is 0.540. The van der Waals surface area contributed by atoms with Gasteiger partial charge in [0.25, 0.3) is 5.91 Å². The first-order valence-electron chi connectivity index (χ1n) is 7.04. The highest BCUT2D eigenvalue weighted by Gasteiger charge is 2.11. The number of nitrogens with one attached hydrogen (secondary N) is 2. The summed E-state index contributed by atoms with van der Waals surface area (Å²) in [6.07, 6.45) is 0.767. The van der Waals surface area contributed by atoms with Crippen LogP contribution in [0, 0.1) is 6.92 Å². The van der Waals surface area contributed by atoms with Gasteiger partial charge in [-0.2, -0.15) is 0 Å². The number of halogens is 1. The lowest BCUT2D eigenvalue weighted by Crippen LogP contribution is -2.41. The minimum Gasteiger partial charge on any atom is -0.455 e. The number of benzene rings is 1. The molecule has 0 aliphatic heterocycles. The lowest BCUT2D eigenvalue weighted by Gasteiger charge is -2.08. The van der Waals surface area contributed by atoms with Crippen LogP contribution in [0.25, 0.3) is 0 Å². The smallest absolute Gasteiger partial charge is 0.321 e. The Morgan fingerprint density at radius 3 is 2.70 bits per heavy atom. The zero-order valence-electron chi connectivity index (χ0n) is 13.0. The molecule has 6 nitrogen and oxygen atoms in total. The molecule has 0 fully saturated rings. The Balaban J connectivity index is 2.28. The van der Waals surface area contributed by atoms with Gasteiger partial charge in [0.15, 0.2) is 6.61 Å². The van der Waals surface area contributed by atoms with E-state index in [1.165, 1.54) is 11.8 Å². The molecule has 0 unspecified atom stereocenters. The standard InChI is InChI=1S/C15H19BrN2O4S/c1-3-6-17-15(21)18-13(19)8-22-14(20)9-23-12-5-4-11(16)7-10(12)2/h4-5,7H,3,6,8-9H2,1-2H3,(H2,17,18,19,21). The van der Waals surface area contributed by atoms with Gasteiger partial charge in [0.1, 0.15) is 0 Å². The monoisotopic (exact) mass is 402 g/mol. The Morgan fingerprint density at radius 1 is 1.30 bits per heavy atom. The summed E-state index contributed by atoms with van der Waals surface area (Å²) >= 11 is 4.71. The molecule has 126 valence electrons.